The molecular weight excluding hydrogens is 283 g/mol. The molecule has 0 aliphatic rings. The third kappa shape index (κ3) is 2.91. The van der Waals surface area contributed by atoms with Crippen LogP contribution in [0.2, 0.25) is 0 Å². The van der Waals surface area contributed by atoms with Gasteiger partial charge in [0, 0.05) is 18.3 Å². The second-order valence-electron chi connectivity index (χ2n) is 4.13. The number of sulfonamides is 1. The van der Waals surface area contributed by atoms with Crippen LogP contribution in [0.3, 0.4) is 0 Å². The molecule has 0 saturated heterocycles. The van der Waals surface area contributed by atoms with Gasteiger partial charge in [0.25, 0.3) is 10.0 Å². The second kappa shape index (κ2) is 5.51. The molecule has 0 fully saturated rings. The molecule has 0 unspecified atom stereocenters. The van der Waals surface area contributed by atoms with Crippen LogP contribution in [0.5, 0.6) is 0 Å². The molecule has 2 rings (SSSR count). The maximum atomic E-state index is 13.7. The Morgan fingerprint density at radius 3 is 2.75 bits per heavy atom. The van der Waals surface area contributed by atoms with Crippen molar-refractivity contribution in [2.45, 2.75) is 18.4 Å². The molecule has 0 aliphatic heterocycles. The Bertz CT molecular complexity index is 720. The topological polar surface area (TPSA) is 98.0 Å². The molecule has 0 atom stereocenters. The fraction of sp³-hybridized carbons (Fsp3) is 0.167. The summed E-state index contributed by atoms with van der Waals surface area (Å²) in [5.74, 6) is -0.408. The van der Waals surface area contributed by atoms with Gasteiger partial charge in [0.1, 0.15) is 5.82 Å². The van der Waals surface area contributed by atoms with Gasteiger partial charge < -0.3 is 5.73 Å². The summed E-state index contributed by atoms with van der Waals surface area (Å²) < 4.78 is 40.3. The van der Waals surface area contributed by atoms with E-state index in [2.05, 4.69) is 14.9 Å². The number of nitrogens with zero attached hydrogens (tertiary/aromatic N) is 2. The summed E-state index contributed by atoms with van der Waals surface area (Å²) in [6.45, 7) is 1.40. The molecule has 0 saturated carbocycles. The summed E-state index contributed by atoms with van der Waals surface area (Å²) in [4.78, 5) is -0.0671. The van der Waals surface area contributed by atoms with Gasteiger partial charge in [-0.2, -0.15) is 5.10 Å². The molecule has 106 valence electrons. The zero-order chi connectivity index (χ0) is 14.8. The number of hydrogen-bond donors (Lipinski definition) is 2. The van der Waals surface area contributed by atoms with Crippen LogP contribution in [-0.4, -0.2) is 18.6 Å². The smallest absolute Gasteiger partial charge is 0.263 e. The van der Waals surface area contributed by atoms with Crippen LogP contribution < -0.4 is 10.5 Å². The SMILES string of the molecule is Cc1cc(S(=O)(=O)Nc2cccnn2)cc(CN)c1F. The predicted octanol–water partition coefficient (Wildman–Crippen LogP) is 1.18. The number of aryl methyl sites for hydroxylation is 1. The quantitative estimate of drug-likeness (QED) is 0.883. The van der Waals surface area contributed by atoms with E-state index in [1.165, 1.54) is 31.3 Å². The fourth-order valence-corrected chi connectivity index (χ4v) is 2.79. The Labute approximate surface area is 115 Å². The largest absolute Gasteiger partial charge is 0.326 e. The van der Waals surface area contributed by atoms with Crippen LogP contribution in [0.15, 0.2) is 35.4 Å². The van der Waals surface area contributed by atoms with E-state index in [-0.39, 0.29) is 28.4 Å². The first-order chi connectivity index (χ1) is 9.44. The Hall–Kier alpha value is -2.06. The number of aromatic nitrogens is 2. The Kier molecular flexibility index (Phi) is 3.96. The van der Waals surface area contributed by atoms with Crippen molar-refractivity contribution in [1.29, 1.82) is 0 Å². The molecule has 0 aliphatic carbocycles. The summed E-state index contributed by atoms with van der Waals surface area (Å²) in [7, 11) is -3.86. The second-order valence-corrected chi connectivity index (χ2v) is 5.81. The number of anilines is 1. The zero-order valence-corrected chi connectivity index (χ0v) is 11.5. The number of rotatable bonds is 4. The summed E-state index contributed by atoms with van der Waals surface area (Å²) in [5.41, 5.74) is 5.77. The van der Waals surface area contributed by atoms with Crippen LogP contribution in [0.25, 0.3) is 0 Å². The summed E-state index contributed by atoms with van der Waals surface area (Å²) in [6.07, 6.45) is 1.42. The molecule has 1 aromatic carbocycles. The molecule has 1 heterocycles. The van der Waals surface area contributed by atoms with Crippen molar-refractivity contribution in [3.63, 3.8) is 0 Å². The molecule has 0 radical (unpaired) electrons. The van der Waals surface area contributed by atoms with Crippen molar-refractivity contribution < 1.29 is 12.8 Å². The number of nitrogens with one attached hydrogen (secondary N) is 1. The first-order valence-electron chi connectivity index (χ1n) is 5.73. The molecule has 8 heteroatoms. The third-order valence-corrected chi connectivity index (χ3v) is 3.98. The molecular formula is C12H13FN4O2S. The molecule has 1 aromatic heterocycles. The van der Waals surface area contributed by atoms with Crippen LogP contribution in [0, 0.1) is 12.7 Å². The van der Waals surface area contributed by atoms with Gasteiger partial charge >= 0.3 is 0 Å². The highest BCUT2D eigenvalue weighted by molar-refractivity contribution is 7.92. The van der Waals surface area contributed by atoms with Gasteiger partial charge in [0.15, 0.2) is 5.82 Å². The molecule has 0 amide bonds. The normalized spacial score (nSPS) is 11.3. The number of nitrogens with two attached hydrogens (primary N) is 1. The van der Waals surface area contributed by atoms with Crippen LogP contribution in [0.1, 0.15) is 11.1 Å². The number of hydrogen-bond acceptors (Lipinski definition) is 5. The summed E-state index contributed by atoms with van der Waals surface area (Å²) >= 11 is 0. The maximum Gasteiger partial charge on any atom is 0.263 e. The fourth-order valence-electron chi connectivity index (χ4n) is 1.66. The zero-order valence-electron chi connectivity index (χ0n) is 10.7. The molecule has 2 aromatic rings. The van der Waals surface area contributed by atoms with Gasteiger partial charge in [0.2, 0.25) is 0 Å². The molecule has 20 heavy (non-hydrogen) atoms. The monoisotopic (exact) mass is 296 g/mol. The first-order valence-corrected chi connectivity index (χ1v) is 7.22. The van der Waals surface area contributed by atoms with E-state index in [0.29, 0.717) is 0 Å². The van der Waals surface area contributed by atoms with Crippen LogP contribution >= 0.6 is 0 Å². The lowest BCUT2D eigenvalue weighted by Crippen LogP contribution is -2.15. The number of halogens is 1. The Morgan fingerprint density at radius 2 is 2.15 bits per heavy atom. The van der Waals surface area contributed by atoms with E-state index >= 15 is 0 Å². The first kappa shape index (κ1) is 14.4. The minimum absolute atomic E-state index is 0.0671. The van der Waals surface area contributed by atoms with Crippen molar-refractivity contribution in [2.75, 3.05) is 4.72 Å². The van der Waals surface area contributed by atoms with E-state index in [1.54, 1.807) is 6.07 Å². The average molecular weight is 296 g/mol. The standard InChI is InChI=1S/C12H13FN4O2S/c1-8-5-10(6-9(7-14)12(8)13)20(18,19)17-11-3-2-4-15-16-11/h2-6H,7,14H2,1H3,(H,16,17). The maximum absolute atomic E-state index is 13.7. The molecule has 3 N–H and O–H groups in total. The number of benzene rings is 1. The highest BCUT2D eigenvalue weighted by Crippen LogP contribution is 2.20. The van der Waals surface area contributed by atoms with Crippen molar-refractivity contribution >= 4 is 15.8 Å². The summed E-state index contributed by atoms with van der Waals surface area (Å²) in [6, 6.07) is 5.46. The lowest BCUT2D eigenvalue weighted by Gasteiger charge is -2.10. The third-order valence-electron chi connectivity index (χ3n) is 2.64. The van der Waals surface area contributed by atoms with E-state index < -0.39 is 15.8 Å². The van der Waals surface area contributed by atoms with Gasteiger partial charge in [-0.1, -0.05) is 0 Å². The minimum Gasteiger partial charge on any atom is -0.326 e. The lowest BCUT2D eigenvalue weighted by molar-refractivity contribution is 0.591. The van der Waals surface area contributed by atoms with Crippen LogP contribution in [0.4, 0.5) is 10.2 Å². The highest BCUT2D eigenvalue weighted by atomic mass is 32.2. The van der Waals surface area contributed by atoms with E-state index in [9.17, 15) is 12.8 Å². The van der Waals surface area contributed by atoms with Crippen molar-refractivity contribution in [2.24, 2.45) is 5.73 Å². The van der Waals surface area contributed by atoms with E-state index in [1.807, 2.05) is 0 Å². The van der Waals surface area contributed by atoms with Crippen LogP contribution in [-0.2, 0) is 16.6 Å². The Balaban J connectivity index is 2.42. The molecule has 0 spiro atoms. The molecule has 0 bridgehead atoms. The van der Waals surface area contributed by atoms with Crippen molar-refractivity contribution in [3.05, 3.63) is 47.4 Å². The predicted molar refractivity (Wildman–Crippen MR) is 71.9 cm³/mol. The van der Waals surface area contributed by atoms with Crippen molar-refractivity contribution in [1.82, 2.24) is 10.2 Å². The highest BCUT2D eigenvalue weighted by Gasteiger charge is 2.18. The molecule has 6 nitrogen and oxygen atoms in total. The Morgan fingerprint density at radius 1 is 1.40 bits per heavy atom. The van der Waals surface area contributed by atoms with E-state index in [4.69, 9.17) is 5.73 Å². The minimum atomic E-state index is -3.86. The average Bonchev–Trinajstić information content (AvgIpc) is 2.42. The van der Waals surface area contributed by atoms with Crippen molar-refractivity contribution in [3.8, 4) is 0 Å². The van der Waals surface area contributed by atoms with Gasteiger partial charge in [0.05, 0.1) is 4.90 Å². The van der Waals surface area contributed by atoms with Gasteiger partial charge in [-0.05, 0) is 36.8 Å². The van der Waals surface area contributed by atoms with Gasteiger partial charge in [-0.15, -0.1) is 5.10 Å². The lowest BCUT2D eigenvalue weighted by atomic mass is 10.1. The van der Waals surface area contributed by atoms with Gasteiger partial charge in [-0.3, -0.25) is 4.72 Å². The van der Waals surface area contributed by atoms with E-state index in [0.717, 1.165) is 0 Å². The van der Waals surface area contributed by atoms with Gasteiger partial charge in [-0.25, -0.2) is 12.8 Å². The summed E-state index contributed by atoms with van der Waals surface area (Å²) in [5, 5.41) is 7.20.